The summed E-state index contributed by atoms with van der Waals surface area (Å²) < 4.78 is 5.78. The number of ether oxygens (including phenoxy) is 1. The van der Waals surface area contributed by atoms with Crippen LogP contribution < -0.4 is 4.90 Å². The number of anilines is 1. The number of nitrogens with zero attached hydrogens (tertiary/aromatic N) is 2. The van der Waals surface area contributed by atoms with Gasteiger partial charge < -0.3 is 14.7 Å². The molecule has 0 aliphatic carbocycles. The highest BCUT2D eigenvalue weighted by Gasteiger charge is 2.67. The van der Waals surface area contributed by atoms with Crippen LogP contribution in [0.2, 0.25) is 0 Å². The summed E-state index contributed by atoms with van der Waals surface area (Å²) in [6.07, 6.45) is 2.90. The standard InChI is InChI=1S/C15H12N2O6/c18-13-12-11(14(19)20)10-5-6-15(12,23-10)7-16(13)8-1-3-9(4-2-8)17(21)22/h1-6,10-12H,7H2,(H,19,20)/t10-,11+,12-,15-/m1/s1. The van der Waals surface area contributed by atoms with Gasteiger partial charge >= 0.3 is 5.97 Å². The van der Waals surface area contributed by atoms with Gasteiger partial charge in [-0.2, -0.15) is 0 Å². The van der Waals surface area contributed by atoms with Crippen LogP contribution in [0.25, 0.3) is 0 Å². The quantitative estimate of drug-likeness (QED) is 0.505. The third-order valence-corrected chi connectivity index (χ3v) is 4.76. The molecule has 1 spiro atoms. The van der Waals surface area contributed by atoms with E-state index in [1.54, 1.807) is 12.2 Å². The molecule has 8 nitrogen and oxygen atoms in total. The fourth-order valence-corrected chi connectivity index (χ4v) is 3.75. The molecular weight excluding hydrogens is 304 g/mol. The molecule has 3 heterocycles. The van der Waals surface area contributed by atoms with Gasteiger partial charge in [-0.15, -0.1) is 0 Å². The van der Waals surface area contributed by atoms with E-state index < -0.39 is 34.4 Å². The van der Waals surface area contributed by atoms with Crippen LogP contribution in [-0.2, 0) is 14.3 Å². The van der Waals surface area contributed by atoms with Gasteiger partial charge in [0.15, 0.2) is 0 Å². The minimum absolute atomic E-state index is 0.0701. The molecule has 0 radical (unpaired) electrons. The highest BCUT2D eigenvalue weighted by atomic mass is 16.6. The van der Waals surface area contributed by atoms with Crippen molar-refractivity contribution in [2.24, 2.45) is 11.8 Å². The summed E-state index contributed by atoms with van der Waals surface area (Å²) in [5.74, 6) is -3.02. The van der Waals surface area contributed by atoms with Crippen molar-refractivity contribution in [1.82, 2.24) is 0 Å². The number of hydrogen-bond acceptors (Lipinski definition) is 5. The summed E-state index contributed by atoms with van der Waals surface area (Å²) in [6.45, 7) is 0.213. The molecule has 118 valence electrons. The van der Waals surface area contributed by atoms with Crippen molar-refractivity contribution < 1.29 is 24.4 Å². The number of carbonyl (C=O) groups is 2. The second-order valence-corrected chi connectivity index (χ2v) is 5.94. The van der Waals surface area contributed by atoms with Crippen LogP contribution in [-0.4, -0.2) is 40.2 Å². The molecular formula is C15H12N2O6. The molecule has 23 heavy (non-hydrogen) atoms. The highest BCUT2D eigenvalue weighted by molar-refractivity contribution is 6.02. The number of nitro benzene ring substituents is 1. The zero-order valence-electron chi connectivity index (χ0n) is 11.8. The van der Waals surface area contributed by atoms with Crippen molar-refractivity contribution in [3.63, 3.8) is 0 Å². The van der Waals surface area contributed by atoms with Crippen LogP contribution in [0.5, 0.6) is 0 Å². The Morgan fingerprint density at radius 2 is 2.09 bits per heavy atom. The van der Waals surface area contributed by atoms with E-state index in [2.05, 4.69) is 0 Å². The smallest absolute Gasteiger partial charge is 0.310 e. The van der Waals surface area contributed by atoms with Crippen molar-refractivity contribution in [3.05, 3.63) is 46.5 Å². The summed E-state index contributed by atoms with van der Waals surface area (Å²) in [5, 5.41) is 20.1. The number of nitro groups is 1. The number of hydrogen-bond donors (Lipinski definition) is 1. The van der Waals surface area contributed by atoms with Crippen molar-refractivity contribution in [3.8, 4) is 0 Å². The highest BCUT2D eigenvalue weighted by Crippen LogP contribution is 2.52. The lowest BCUT2D eigenvalue weighted by Gasteiger charge is -2.21. The van der Waals surface area contributed by atoms with Gasteiger partial charge in [-0.25, -0.2) is 0 Å². The summed E-state index contributed by atoms with van der Waals surface area (Å²) in [7, 11) is 0. The molecule has 1 amide bonds. The topological polar surface area (TPSA) is 110 Å². The fourth-order valence-electron chi connectivity index (χ4n) is 3.75. The van der Waals surface area contributed by atoms with Crippen LogP contribution in [0.1, 0.15) is 0 Å². The molecule has 8 heteroatoms. The van der Waals surface area contributed by atoms with E-state index >= 15 is 0 Å². The average molecular weight is 316 g/mol. The van der Waals surface area contributed by atoms with E-state index in [9.17, 15) is 24.8 Å². The first-order valence-electron chi connectivity index (χ1n) is 7.09. The van der Waals surface area contributed by atoms with Gasteiger partial charge in [-0.3, -0.25) is 19.7 Å². The second kappa shape index (κ2) is 4.39. The normalized spacial score (nSPS) is 34.0. The molecule has 2 bridgehead atoms. The molecule has 3 aliphatic rings. The first kappa shape index (κ1) is 13.9. The number of benzene rings is 1. The Bertz CT molecular complexity index is 758. The van der Waals surface area contributed by atoms with Crippen LogP contribution in [0, 0.1) is 22.0 Å². The van der Waals surface area contributed by atoms with E-state index in [0.717, 1.165) is 0 Å². The number of carboxylic acids is 1. The molecule has 2 saturated heterocycles. The predicted octanol–water partition coefficient (Wildman–Crippen LogP) is 0.966. The number of carbonyl (C=O) groups excluding carboxylic acids is 1. The second-order valence-electron chi connectivity index (χ2n) is 5.94. The molecule has 0 unspecified atom stereocenters. The first-order valence-corrected chi connectivity index (χ1v) is 7.09. The van der Waals surface area contributed by atoms with Gasteiger partial charge in [0.2, 0.25) is 5.91 Å². The number of rotatable bonds is 3. The van der Waals surface area contributed by atoms with Crippen molar-refractivity contribution in [2.45, 2.75) is 11.7 Å². The number of amides is 1. The largest absolute Gasteiger partial charge is 0.481 e. The summed E-state index contributed by atoms with van der Waals surface area (Å²) in [6, 6.07) is 5.60. The van der Waals surface area contributed by atoms with Gasteiger partial charge in [-0.05, 0) is 12.1 Å². The van der Waals surface area contributed by atoms with Gasteiger partial charge in [0.25, 0.3) is 5.69 Å². The SMILES string of the molecule is O=C(O)[C@H]1[C@H]2C=C[C@]3(CN(c4ccc([N+](=O)[O-])cc4)C(=O)[C@@H]13)O2. The maximum absolute atomic E-state index is 12.7. The monoisotopic (exact) mass is 316 g/mol. The van der Waals surface area contributed by atoms with Gasteiger partial charge in [0.05, 0.1) is 23.5 Å². The van der Waals surface area contributed by atoms with E-state index in [-0.39, 0.29) is 18.1 Å². The Balaban J connectivity index is 1.69. The zero-order chi connectivity index (χ0) is 16.4. The Morgan fingerprint density at radius 3 is 2.70 bits per heavy atom. The first-order chi connectivity index (χ1) is 10.9. The van der Waals surface area contributed by atoms with Crippen LogP contribution >= 0.6 is 0 Å². The maximum atomic E-state index is 12.7. The van der Waals surface area contributed by atoms with Crippen LogP contribution in [0.3, 0.4) is 0 Å². The third kappa shape index (κ3) is 1.75. The lowest BCUT2D eigenvalue weighted by molar-refractivity contribution is -0.384. The molecule has 3 aliphatic heterocycles. The molecule has 1 aromatic rings. The zero-order valence-corrected chi connectivity index (χ0v) is 11.8. The number of fused-ring (bicyclic) bond motifs is 1. The van der Waals surface area contributed by atoms with E-state index in [1.807, 2.05) is 0 Å². The minimum atomic E-state index is -1.05. The molecule has 0 aromatic heterocycles. The van der Waals surface area contributed by atoms with Gasteiger partial charge in [0, 0.05) is 17.8 Å². The van der Waals surface area contributed by atoms with Crippen molar-refractivity contribution in [1.29, 1.82) is 0 Å². The van der Waals surface area contributed by atoms with Crippen molar-refractivity contribution >= 4 is 23.3 Å². The summed E-state index contributed by atoms with van der Waals surface area (Å²) >= 11 is 0. The third-order valence-electron chi connectivity index (χ3n) is 4.76. The Morgan fingerprint density at radius 1 is 1.39 bits per heavy atom. The van der Waals surface area contributed by atoms with Gasteiger partial charge in [-0.1, -0.05) is 12.2 Å². The lowest BCUT2D eigenvalue weighted by atomic mass is 9.77. The van der Waals surface area contributed by atoms with Crippen molar-refractivity contribution in [2.75, 3.05) is 11.4 Å². The van der Waals surface area contributed by atoms with Gasteiger partial charge in [0.1, 0.15) is 11.5 Å². The molecule has 4 atom stereocenters. The van der Waals surface area contributed by atoms with Crippen LogP contribution in [0.4, 0.5) is 11.4 Å². The van der Waals surface area contributed by atoms with E-state index in [1.165, 1.54) is 29.2 Å². The maximum Gasteiger partial charge on any atom is 0.310 e. The fraction of sp³-hybridized carbons (Fsp3) is 0.333. The number of aliphatic carboxylic acids is 1. The molecule has 1 aromatic carbocycles. The Labute approximate surface area is 130 Å². The summed E-state index contributed by atoms with van der Waals surface area (Å²) in [5.41, 5.74) is -0.486. The molecule has 2 fully saturated rings. The average Bonchev–Trinajstić information content (AvgIpc) is 3.15. The Hall–Kier alpha value is -2.74. The molecule has 0 saturated carbocycles. The molecule has 4 rings (SSSR count). The predicted molar refractivity (Wildman–Crippen MR) is 76.8 cm³/mol. The lowest BCUT2D eigenvalue weighted by Crippen LogP contribution is -2.39. The Kier molecular flexibility index (Phi) is 2.65. The number of non-ortho nitro benzene ring substituents is 1. The minimum Gasteiger partial charge on any atom is -0.481 e. The van der Waals surface area contributed by atoms with E-state index in [0.29, 0.717) is 5.69 Å². The summed E-state index contributed by atoms with van der Waals surface area (Å²) in [4.78, 5) is 35.8. The van der Waals surface area contributed by atoms with Crippen LogP contribution in [0.15, 0.2) is 36.4 Å². The van der Waals surface area contributed by atoms with E-state index in [4.69, 9.17) is 4.74 Å². The molecule has 1 N–H and O–H groups in total. The number of carboxylic acid groups (broad SMARTS) is 1.